The van der Waals surface area contributed by atoms with Crippen LogP contribution in [0.2, 0.25) is 0 Å². The summed E-state index contributed by atoms with van der Waals surface area (Å²) in [4.78, 5) is 28.2. The van der Waals surface area contributed by atoms with Crippen molar-refractivity contribution in [1.82, 2.24) is 4.90 Å². The van der Waals surface area contributed by atoms with E-state index < -0.39 is 0 Å². The van der Waals surface area contributed by atoms with Crippen molar-refractivity contribution in [3.05, 3.63) is 99.8 Å². The molecule has 2 amide bonds. The summed E-state index contributed by atoms with van der Waals surface area (Å²) >= 11 is 1.42. The summed E-state index contributed by atoms with van der Waals surface area (Å²) in [6.45, 7) is 4.18. The van der Waals surface area contributed by atoms with Gasteiger partial charge in [0, 0.05) is 5.75 Å². The van der Waals surface area contributed by atoms with Gasteiger partial charge in [0.2, 0.25) is 0 Å². The van der Waals surface area contributed by atoms with Crippen molar-refractivity contribution in [2.24, 2.45) is 0 Å². The Labute approximate surface area is 174 Å². The smallest absolute Gasteiger partial charge is 0.268 e. The number of carbonyl (C=O) groups is 2. The molecule has 1 aromatic heterocycles. The second-order valence-corrected chi connectivity index (χ2v) is 8.04. The molecule has 4 rings (SSSR count). The summed E-state index contributed by atoms with van der Waals surface area (Å²) in [6, 6.07) is 19.4. The third kappa shape index (κ3) is 3.91. The molecule has 2 aromatic carbocycles. The van der Waals surface area contributed by atoms with Gasteiger partial charge >= 0.3 is 0 Å². The molecule has 1 aliphatic rings. The zero-order valence-electron chi connectivity index (χ0n) is 16.3. The number of amides is 2. The van der Waals surface area contributed by atoms with Gasteiger partial charge in [-0.25, -0.2) is 0 Å². The highest BCUT2D eigenvalue weighted by atomic mass is 32.2. The number of nitrogens with zero attached hydrogens (tertiary/aromatic N) is 1. The predicted molar refractivity (Wildman–Crippen MR) is 115 cm³/mol. The number of hydrogen-bond acceptors (Lipinski definition) is 4. The monoisotopic (exact) mass is 403 g/mol. The molecule has 0 spiro atoms. The van der Waals surface area contributed by atoms with E-state index >= 15 is 0 Å². The maximum atomic E-state index is 13.3. The Kier molecular flexibility index (Phi) is 5.41. The minimum atomic E-state index is -0.273. The number of rotatable bonds is 6. The van der Waals surface area contributed by atoms with Crippen LogP contribution >= 0.6 is 11.8 Å². The van der Waals surface area contributed by atoms with Gasteiger partial charge in [0.25, 0.3) is 11.8 Å². The Balaban J connectivity index is 1.70. The van der Waals surface area contributed by atoms with Gasteiger partial charge in [0.05, 0.1) is 23.3 Å². The molecule has 3 aromatic rings. The van der Waals surface area contributed by atoms with E-state index in [2.05, 4.69) is 0 Å². The summed E-state index contributed by atoms with van der Waals surface area (Å²) in [5.74, 6) is 0.671. The quantitative estimate of drug-likeness (QED) is 0.537. The SMILES string of the molecule is Cc1ccc(C2=C(SCc3ccccc3)C(=O)N(Cc3ccco3)C2=O)cc1C. The van der Waals surface area contributed by atoms with Crippen LogP contribution in [0.1, 0.15) is 28.0 Å². The maximum Gasteiger partial charge on any atom is 0.268 e. The Bertz CT molecular complexity index is 1080. The maximum absolute atomic E-state index is 13.3. The molecule has 29 heavy (non-hydrogen) atoms. The molecule has 0 N–H and O–H groups in total. The molecule has 1 aliphatic heterocycles. The number of benzene rings is 2. The summed E-state index contributed by atoms with van der Waals surface area (Å²) in [5.41, 5.74) is 4.60. The summed E-state index contributed by atoms with van der Waals surface area (Å²) in [6.07, 6.45) is 1.54. The first-order valence-corrected chi connectivity index (χ1v) is 10.4. The van der Waals surface area contributed by atoms with Gasteiger partial charge in [0.1, 0.15) is 5.76 Å². The lowest BCUT2D eigenvalue weighted by atomic mass is 10.0. The molecule has 146 valence electrons. The molecule has 0 unspecified atom stereocenters. The van der Waals surface area contributed by atoms with E-state index in [1.54, 1.807) is 18.4 Å². The van der Waals surface area contributed by atoms with Crippen LogP contribution in [0, 0.1) is 13.8 Å². The highest BCUT2D eigenvalue weighted by Crippen LogP contribution is 2.38. The molecule has 0 fully saturated rings. The fourth-order valence-corrected chi connectivity index (χ4v) is 4.36. The summed E-state index contributed by atoms with van der Waals surface area (Å²) in [7, 11) is 0. The zero-order valence-corrected chi connectivity index (χ0v) is 17.2. The van der Waals surface area contributed by atoms with Crippen molar-refractivity contribution < 1.29 is 14.0 Å². The number of aryl methyl sites for hydroxylation is 2. The summed E-state index contributed by atoms with van der Waals surface area (Å²) < 4.78 is 5.36. The fourth-order valence-electron chi connectivity index (χ4n) is 3.27. The third-order valence-corrected chi connectivity index (χ3v) is 6.19. The zero-order chi connectivity index (χ0) is 20.4. The van der Waals surface area contributed by atoms with Crippen molar-refractivity contribution in [3.63, 3.8) is 0 Å². The van der Waals surface area contributed by atoms with Gasteiger partial charge in [-0.15, -0.1) is 11.8 Å². The van der Waals surface area contributed by atoms with Gasteiger partial charge in [-0.05, 0) is 48.2 Å². The van der Waals surface area contributed by atoms with Crippen LogP contribution < -0.4 is 0 Å². The molecule has 0 atom stereocenters. The third-order valence-electron chi connectivity index (χ3n) is 5.04. The molecule has 0 bridgehead atoms. The van der Waals surface area contributed by atoms with Crippen LogP contribution in [0.15, 0.2) is 76.2 Å². The van der Waals surface area contributed by atoms with E-state index in [1.165, 1.54) is 16.7 Å². The first-order valence-electron chi connectivity index (χ1n) is 9.42. The highest BCUT2D eigenvalue weighted by molar-refractivity contribution is 8.03. The number of hydrogen-bond donors (Lipinski definition) is 0. The highest BCUT2D eigenvalue weighted by Gasteiger charge is 2.39. The molecular weight excluding hydrogens is 382 g/mol. The molecule has 0 aliphatic carbocycles. The van der Waals surface area contributed by atoms with Crippen molar-refractivity contribution in [3.8, 4) is 0 Å². The standard InChI is InChI=1S/C24H21NO3S/c1-16-10-11-19(13-17(16)2)21-22(29-15-18-7-4-3-5-8-18)24(27)25(23(21)26)14-20-9-6-12-28-20/h3-13H,14-15H2,1-2H3. The van der Waals surface area contributed by atoms with Gasteiger partial charge in [0.15, 0.2) is 0 Å². The van der Waals surface area contributed by atoms with Crippen LogP contribution in [0.5, 0.6) is 0 Å². The van der Waals surface area contributed by atoms with E-state index in [4.69, 9.17) is 4.42 Å². The minimum absolute atomic E-state index is 0.133. The largest absolute Gasteiger partial charge is 0.467 e. The molecule has 5 heteroatoms. The Morgan fingerprint density at radius 2 is 1.69 bits per heavy atom. The normalized spacial score (nSPS) is 14.2. The van der Waals surface area contributed by atoms with Crippen molar-refractivity contribution in [2.75, 3.05) is 0 Å². The second kappa shape index (κ2) is 8.13. The van der Waals surface area contributed by atoms with E-state index in [1.807, 2.05) is 62.4 Å². The van der Waals surface area contributed by atoms with E-state index in [-0.39, 0.29) is 18.4 Å². The Hall–Kier alpha value is -3.05. The molecule has 0 saturated heterocycles. The number of imide groups is 1. The first-order chi connectivity index (χ1) is 14.0. The van der Waals surface area contributed by atoms with Gasteiger partial charge in [-0.2, -0.15) is 0 Å². The van der Waals surface area contributed by atoms with Gasteiger partial charge in [-0.3, -0.25) is 14.5 Å². The lowest BCUT2D eigenvalue weighted by Gasteiger charge is -2.13. The number of furan rings is 1. The molecule has 2 heterocycles. The predicted octanol–water partition coefficient (Wildman–Crippen LogP) is 5.11. The van der Waals surface area contributed by atoms with Crippen molar-refractivity contribution in [1.29, 1.82) is 0 Å². The number of thioether (sulfide) groups is 1. The van der Waals surface area contributed by atoms with E-state index in [9.17, 15) is 9.59 Å². The molecule has 4 nitrogen and oxygen atoms in total. The van der Waals surface area contributed by atoms with Crippen molar-refractivity contribution >= 4 is 29.1 Å². The average Bonchev–Trinajstić information content (AvgIpc) is 3.32. The topological polar surface area (TPSA) is 50.5 Å². The number of carbonyl (C=O) groups excluding carboxylic acids is 2. The Morgan fingerprint density at radius 3 is 2.38 bits per heavy atom. The van der Waals surface area contributed by atoms with Crippen molar-refractivity contribution in [2.45, 2.75) is 26.1 Å². The van der Waals surface area contributed by atoms with Gasteiger partial charge in [-0.1, -0.05) is 48.5 Å². The minimum Gasteiger partial charge on any atom is -0.467 e. The van der Waals surface area contributed by atoms with E-state index in [0.717, 1.165) is 22.3 Å². The van der Waals surface area contributed by atoms with Crippen LogP contribution in [0.25, 0.3) is 5.57 Å². The second-order valence-electron chi connectivity index (χ2n) is 7.05. The fraction of sp³-hybridized carbons (Fsp3) is 0.167. The lowest BCUT2D eigenvalue weighted by Crippen LogP contribution is -2.30. The molecular formula is C24H21NO3S. The van der Waals surface area contributed by atoms with Crippen LogP contribution in [-0.2, 0) is 21.9 Å². The molecule has 0 radical (unpaired) electrons. The molecule has 0 saturated carbocycles. The van der Waals surface area contributed by atoms with Gasteiger partial charge < -0.3 is 4.42 Å². The van der Waals surface area contributed by atoms with Crippen LogP contribution in [-0.4, -0.2) is 16.7 Å². The van der Waals surface area contributed by atoms with Crippen LogP contribution in [0.4, 0.5) is 0 Å². The van der Waals surface area contributed by atoms with Crippen LogP contribution in [0.3, 0.4) is 0 Å². The first kappa shape index (κ1) is 19.3. The Morgan fingerprint density at radius 1 is 0.897 bits per heavy atom. The summed E-state index contributed by atoms with van der Waals surface area (Å²) in [5, 5.41) is 0. The lowest BCUT2D eigenvalue weighted by molar-refractivity contribution is -0.137. The average molecular weight is 404 g/mol. The van der Waals surface area contributed by atoms with E-state index in [0.29, 0.717) is 22.0 Å².